The van der Waals surface area contributed by atoms with E-state index in [4.69, 9.17) is 16.0 Å². The van der Waals surface area contributed by atoms with Crippen LogP contribution >= 0.6 is 11.6 Å². The van der Waals surface area contributed by atoms with Crippen molar-refractivity contribution >= 4 is 23.2 Å². The molecule has 1 amide bonds. The largest absolute Gasteiger partial charge is 0.454 e. The predicted molar refractivity (Wildman–Crippen MR) is 112 cm³/mol. The number of furan rings is 1. The number of aryl methyl sites for hydroxylation is 1. The van der Waals surface area contributed by atoms with Crippen LogP contribution in [0.5, 0.6) is 0 Å². The molecule has 0 saturated carbocycles. The van der Waals surface area contributed by atoms with E-state index in [9.17, 15) is 22.4 Å². The standard InChI is InChI=1S/C20H18ClF4N7O2/c1-2-30-7-11(5-26-30)8-31-9-12(6-27-31)28-20(33)14-4-3-13(34-14)10-32-17(19(24)25)15(21)16(29-32)18(22)23/h3-7,9,18-19H,2,8,10H2,1H3,(H,28,33). The molecule has 0 spiro atoms. The first-order chi connectivity index (χ1) is 16.2. The summed E-state index contributed by atoms with van der Waals surface area (Å²) in [7, 11) is 0. The maximum Gasteiger partial charge on any atom is 0.291 e. The molecule has 14 heteroatoms. The van der Waals surface area contributed by atoms with Gasteiger partial charge in [0.1, 0.15) is 17.1 Å². The van der Waals surface area contributed by atoms with E-state index >= 15 is 0 Å². The number of halogens is 5. The van der Waals surface area contributed by atoms with Gasteiger partial charge in [-0.25, -0.2) is 17.6 Å². The zero-order chi connectivity index (χ0) is 24.4. The third-order valence-corrected chi connectivity index (χ3v) is 5.19. The van der Waals surface area contributed by atoms with E-state index in [1.165, 1.54) is 18.3 Å². The van der Waals surface area contributed by atoms with Gasteiger partial charge < -0.3 is 9.73 Å². The van der Waals surface area contributed by atoms with Crippen molar-refractivity contribution in [2.45, 2.75) is 39.4 Å². The summed E-state index contributed by atoms with van der Waals surface area (Å²) in [5.41, 5.74) is -0.446. The zero-order valence-corrected chi connectivity index (χ0v) is 18.4. The molecule has 0 aliphatic carbocycles. The number of amides is 1. The maximum absolute atomic E-state index is 13.3. The first-order valence-electron chi connectivity index (χ1n) is 10.0. The van der Waals surface area contributed by atoms with E-state index in [1.807, 2.05) is 13.1 Å². The fraction of sp³-hybridized carbons (Fsp3) is 0.300. The van der Waals surface area contributed by atoms with Crippen LogP contribution in [0.3, 0.4) is 0 Å². The van der Waals surface area contributed by atoms with Crippen LogP contribution in [0.15, 0.2) is 41.3 Å². The number of aromatic nitrogens is 6. The number of hydrogen-bond acceptors (Lipinski definition) is 5. The molecule has 0 aliphatic heterocycles. The predicted octanol–water partition coefficient (Wildman–Crippen LogP) is 4.77. The smallest absolute Gasteiger partial charge is 0.291 e. The molecule has 0 saturated heterocycles. The number of carbonyl (C=O) groups is 1. The van der Waals surface area contributed by atoms with E-state index in [-0.39, 0.29) is 11.5 Å². The average molecular weight is 500 g/mol. The average Bonchev–Trinajstić information content (AvgIpc) is 3.56. The van der Waals surface area contributed by atoms with Gasteiger partial charge in [-0.05, 0) is 19.1 Å². The van der Waals surface area contributed by atoms with Crippen LogP contribution in [0, 0.1) is 0 Å². The van der Waals surface area contributed by atoms with Gasteiger partial charge in [0, 0.05) is 24.5 Å². The Labute approximate surface area is 194 Å². The topological polar surface area (TPSA) is 95.7 Å². The van der Waals surface area contributed by atoms with Gasteiger partial charge in [-0.1, -0.05) is 11.6 Å². The molecule has 4 heterocycles. The van der Waals surface area contributed by atoms with Crippen LogP contribution in [0.1, 0.15) is 53.0 Å². The van der Waals surface area contributed by atoms with Crippen molar-refractivity contribution in [2.24, 2.45) is 0 Å². The Balaban J connectivity index is 1.42. The van der Waals surface area contributed by atoms with Crippen LogP contribution in [-0.4, -0.2) is 35.2 Å². The van der Waals surface area contributed by atoms with Crippen molar-refractivity contribution in [3.05, 3.63) is 70.4 Å². The second-order valence-corrected chi connectivity index (χ2v) is 7.57. The van der Waals surface area contributed by atoms with Gasteiger partial charge in [-0.3, -0.25) is 18.8 Å². The Bertz CT molecular complexity index is 1290. The highest BCUT2D eigenvalue weighted by atomic mass is 35.5. The Morgan fingerprint density at radius 3 is 2.53 bits per heavy atom. The van der Waals surface area contributed by atoms with Crippen molar-refractivity contribution in [3.8, 4) is 0 Å². The fourth-order valence-electron chi connectivity index (χ4n) is 3.23. The number of rotatable bonds is 9. The lowest BCUT2D eigenvalue weighted by Crippen LogP contribution is -2.10. The van der Waals surface area contributed by atoms with Crippen LogP contribution in [0.4, 0.5) is 23.2 Å². The SMILES string of the molecule is CCn1cc(Cn2cc(NC(=O)c3ccc(Cn4nc(C(F)F)c(Cl)c4C(F)F)o3)cn2)cn1. The van der Waals surface area contributed by atoms with E-state index < -0.39 is 41.7 Å². The Morgan fingerprint density at radius 1 is 1.09 bits per heavy atom. The Kier molecular flexibility index (Phi) is 6.72. The highest BCUT2D eigenvalue weighted by Crippen LogP contribution is 2.35. The molecule has 9 nitrogen and oxygen atoms in total. The maximum atomic E-state index is 13.3. The van der Waals surface area contributed by atoms with Gasteiger partial charge in [0.05, 0.1) is 36.2 Å². The number of nitrogens with one attached hydrogen (secondary N) is 1. The second-order valence-electron chi connectivity index (χ2n) is 7.19. The molecule has 0 fully saturated rings. The van der Waals surface area contributed by atoms with E-state index in [0.29, 0.717) is 16.9 Å². The third kappa shape index (κ3) is 4.98. The lowest BCUT2D eigenvalue weighted by molar-refractivity contribution is 0.0994. The van der Waals surface area contributed by atoms with Crippen molar-refractivity contribution in [3.63, 3.8) is 0 Å². The summed E-state index contributed by atoms with van der Waals surface area (Å²) in [6.45, 7) is 2.76. The Morgan fingerprint density at radius 2 is 1.85 bits per heavy atom. The fourth-order valence-corrected chi connectivity index (χ4v) is 3.53. The van der Waals surface area contributed by atoms with Crippen molar-refractivity contribution < 1.29 is 26.8 Å². The van der Waals surface area contributed by atoms with Crippen LogP contribution in [-0.2, 0) is 19.6 Å². The molecule has 4 aromatic rings. The van der Waals surface area contributed by atoms with Crippen LogP contribution in [0.2, 0.25) is 5.02 Å². The highest BCUT2D eigenvalue weighted by Gasteiger charge is 2.28. The minimum Gasteiger partial charge on any atom is -0.454 e. The lowest BCUT2D eigenvalue weighted by Gasteiger charge is -2.05. The van der Waals surface area contributed by atoms with Gasteiger partial charge in [-0.2, -0.15) is 15.3 Å². The summed E-state index contributed by atoms with van der Waals surface area (Å²) in [5.74, 6) is -0.668. The number of anilines is 1. The molecule has 0 aromatic carbocycles. The molecule has 34 heavy (non-hydrogen) atoms. The van der Waals surface area contributed by atoms with E-state index in [0.717, 1.165) is 12.1 Å². The molecular formula is C20H18ClF4N7O2. The van der Waals surface area contributed by atoms with Gasteiger partial charge in [0.15, 0.2) is 5.76 Å². The zero-order valence-electron chi connectivity index (χ0n) is 17.6. The highest BCUT2D eigenvalue weighted by molar-refractivity contribution is 6.32. The van der Waals surface area contributed by atoms with E-state index in [1.54, 1.807) is 21.8 Å². The molecular weight excluding hydrogens is 482 g/mol. The first-order valence-corrected chi connectivity index (χ1v) is 10.4. The van der Waals surface area contributed by atoms with Gasteiger partial charge >= 0.3 is 0 Å². The number of carbonyl (C=O) groups excluding carboxylic acids is 1. The van der Waals surface area contributed by atoms with Crippen molar-refractivity contribution in [2.75, 3.05) is 5.32 Å². The number of nitrogens with zero attached hydrogens (tertiary/aromatic N) is 6. The number of hydrogen-bond donors (Lipinski definition) is 1. The normalized spacial score (nSPS) is 11.6. The van der Waals surface area contributed by atoms with E-state index in [2.05, 4.69) is 20.6 Å². The van der Waals surface area contributed by atoms with Crippen molar-refractivity contribution in [1.82, 2.24) is 29.3 Å². The summed E-state index contributed by atoms with van der Waals surface area (Å²) in [4.78, 5) is 12.5. The summed E-state index contributed by atoms with van der Waals surface area (Å²) in [5, 5.41) is 13.7. The van der Waals surface area contributed by atoms with Gasteiger partial charge in [-0.15, -0.1) is 0 Å². The molecule has 0 radical (unpaired) electrons. The minimum atomic E-state index is -3.13. The summed E-state index contributed by atoms with van der Waals surface area (Å²) in [6, 6.07) is 2.69. The Hall–Kier alpha value is -3.61. The molecule has 0 aliphatic rings. The molecule has 180 valence electrons. The quantitative estimate of drug-likeness (QED) is 0.335. The molecule has 0 bridgehead atoms. The van der Waals surface area contributed by atoms with Gasteiger partial charge in [0.2, 0.25) is 0 Å². The molecule has 4 aromatic heterocycles. The first kappa shape index (κ1) is 23.5. The third-order valence-electron chi connectivity index (χ3n) is 4.81. The molecule has 1 N–H and O–H groups in total. The molecule has 4 rings (SSSR count). The van der Waals surface area contributed by atoms with Gasteiger partial charge in [0.25, 0.3) is 18.8 Å². The number of alkyl halides is 4. The summed E-state index contributed by atoms with van der Waals surface area (Å²) >= 11 is 5.64. The molecule has 0 unspecified atom stereocenters. The summed E-state index contributed by atoms with van der Waals surface area (Å²) in [6.07, 6.45) is 0.451. The van der Waals surface area contributed by atoms with Crippen LogP contribution in [0.25, 0.3) is 0 Å². The second kappa shape index (κ2) is 9.71. The summed E-state index contributed by atoms with van der Waals surface area (Å²) < 4.78 is 62.0. The van der Waals surface area contributed by atoms with Crippen LogP contribution < -0.4 is 5.32 Å². The monoisotopic (exact) mass is 499 g/mol. The van der Waals surface area contributed by atoms with Crippen molar-refractivity contribution in [1.29, 1.82) is 0 Å². The minimum absolute atomic E-state index is 0.0515. The lowest BCUT2D eigenvalue weighted by atomic mass is 10.3. The molecule has 0 atom stereocenters.